The molecule has 0 bridgehead atoms. The molecule has 2 saturated heterocycles. The Balaban J connectivity index is 2.01. The third-order valence-corrected chi connectivity index (χ3v) is 3.28. The molecule has 0 spiro atoms. The van der Waals surface area contributed by atoms with Gasteiger partial charge in [0.25, 0.3) is 0 Å². The maximum atomic E-state index is 3.67. The average Bonchev–Trinajstić information content (AvgIpc) is 2.04. The van der Waals surface area contributed by atoms with Crippen LogP contribution in [0.4, 0.5) is 0 Å². The maximum Gasteiger partial charge on any atom is 0.0601 e. The van der Waals surface area contributed by atoms with E-state index in [9.17, 15) is 0 Å². The van der Waals surface area contributed by atoms with E-state index in [-0.39, 0.29) is 0 Å². The molecule has 0 aliphatic carbocycles. The minimum atomic E-state index is 0.692. The van der Waals surface area contributed by atoms with Crippen molar-refractivity contribution in [3.8, 4) is 0 Å². The summed E-state index contributed by atoms with van der Waals surface area (Å²) in [6.07, 6.45) is 6.17. The van der Waals surface area contributed by atoms with Crippen LogP contribution in [-0.4, -0.2) is 29.7 Å². The summed E-state index contributed by atoms with van der Waals surface area (Å²) in [5.41, 5.74) is 0. The number of piperidine rings is 1. The Bertz CT molecular complexity index is 158. The molecule has 12 heavy (non-hydrogen) atoms. The molecule has 3 unspecified atom stereocenters. The lowest BCUT2D eigenvalue weighted by atomic mass is 9.97. The van der Waals surface area contributed by atoms with Crippen LogP contribution in [0.15, 0.2) is 0 Å². The van der Waals surface area contributed by atoms with Crippen LogP contribution in [0.3, 0.4) is 0 Å². The van der Waals surface area contributed by atoms with Crippen molar-refractivity contribution in [1.29, 1.82) is 0 Å². The normalized spacial score (nSPS) is 44.0. The number of nitrogens with zero attached hydrogens (tertiary/aromatic N) is 1. The molecule has 3 atom stereocenters. The third-order valence-electron chi connectivity index (χ3n) is 3.28. The summed E-state index contributed by atoms with van der Waals surface area (Å²) < 4.78 is 0. The van der Waals surface area contributed by atoms with Gasteiger partial charge < -0.3 is 0 Å². The lowest BCUT2D eigenvalue weighted by Crippen LogP contribution is -2.60. The highest BCUT2D eigenvalue weighted by Gasteiger charge is 2.31. The fourth-order valence-corrected chi connectivity index (χ4v) is 2.70. The number of hydrogen-bond acceptors (Lipinski definition) is 2. The molecule has 0 aromatic heterocycles. The summed E-state index contributed by atoms with van der Waals surface area (Å²) in [6.45, 7) is 5.99. The molecule has 2 nitrogen and oxygen atoms in total. The van der Waals surface area contributed by atoms with Gasteiger partial charge in [-0.3, -0.25) is 10.2 Å². The van der Waals surface area contributed by atoms with Crippen LogP contribution >= 0.6 is 0 Å². The first-order chi connectivity index (χ1) is 5.77. The van der Waals surface area contributed by atoms with Crippen LogP contribution in [0.2, 0.25) is 0 Å². The summed E-state index contributed by atoms with van der Waals surface area (Å²) in [5, 5.41) is 3.67. The molecule has 1 N–H and O–H groups in total. The van der Waals surface area contributed by atoms with Gasteiger partial charge in [-0.2, -0.15) is 0 Å². The van der Waals surface area contributed by atoms with Crippen molar-refractivity contribution in [2.24, 2.45) is 0 Å². The first-order valence-electron chi connectivity index (χ1n) is 5.29. The zero-order valence-electron chi connectivity index (χ0n) is 8.21. The monoisotopic (exact) mass is 168 g/mol. The molecule has 2 heterocycles. The highest BCUT2D eigenvalue weighted by Crippen LogP contribution is 2.24. The number of rotatable bonds is 0. The maximum absolute atomic E-state index is 3.67. The first kappa shape index (κ1) is 8.52. The zero-order chi connectivity index (χ0) is 8.55. The number of nitrogens with one attached hydrogen (secondary N) is 1. The van der Waals surface area contributed by atoms with E-state index in [1.807, 2.05) is 0 Å². The van der Waals surface area contributed by atoms with Gasteiger partial charge in [0.15, 0.2) is 0 Å². The smallest absolute Gasteiger partial charge is 0.0601 e. The average molecular weight is 168 g/mol. The predicted molar refractivity (Wildman–Crippen MR) is 51.0 cm³/mol. The van der Waals surface area contributed by atoms with E-state index in [0.717, 1.165) is 12.1 Å². The Kier molecular flexibility index (Phi) is 2.37. The molecule has 0 saturated carbocycles. The highest BCUT2D eigenvalue weighted by atomic mass is 15.3. The van der Waals surface area contributed by atoms with E-state index in [1.54, 1.807) is 0 Å². The molecule has 0 radical (unpaired) electrons. The minimum Gasteiger partial charge on any atom is -0.299 e. The van der Waals surface area contributed by atoms with Crippen molar-refractivity contribution >= 4 is 0 Å². The van der Waals surface area contributed by atoms with Crippen molar-refractivity contribution < 1.29 is 0 Å². The highest BCUT2D eigenvalue weighted by molar-refractivity contribution is 4.87. The van der Waals surface area contributed by atoms with E-state index in [4.69, 9.17) is 0 Å². The molecular formula is C10H20N2. The van der Waals surface area contributed by atoms with Gasteiger partial charge in [-0.1, -0.05) is 0 Å². The molecule has 2 fully saturated rings. The SMILES string of the molecule is CC1CC(C)N2CCCCC2N1. The second-order valence-electron chi connectivity index (χ2n) is 4.40. The number of fused-ring (bicyclic) bond motifs is 1. The summed E-state index contributed by atoms with van der Waals surface area (Å²) in [5.74, 6) is 0. The quantitative estimate of drug-likeness (QED) is 0.590. The summed E-state index contributed by atoms with van der Waals surface area (Å²) in [7, 11) is 0. The lowest BCUT2D eigenvalue weighted by Gasteiger charge is -2.46. The summed E-state index contributed by atoms with van der Waals surface area (Å²) >= 11 is 0. The van der Waals surface area contributed by atoms with Crippen LogP contribution < -0.4 is 5.32 Å². The summed E-state index contributed by atoms with van der Waals surface area (Å²) in [6, 6.07) is 1.52. The van der Waals surface area contributed by atoms with Gasteiger partial charge in [-0.15, -0.1) is 0 Å². The summed E-state index contributed by atoms with van der Waals surface area (Å²) in [4.78, 5) is 2.64. The predicted octanol–water partition coefficient (Wildman–Crippen LogP) is 1.57. The molecule has 0 aromatic rings. The van der Waals surface area contributed by atoms with Crippen LogP contribution in [0.25, 0.3) is 0 Å². The van der Waals surface area contributed by atoms with E-state index in [2.05, 4.69) is 24.1 Å². The molecule has 2 aliphatic heterocycles. The second kappa shape index (κ2) is 3.35. The molecule has 0 amide bonds. The van der Waals surface area contributed by atoms with Crippen LogP contribution in [-0.2, 0) is 0 Å². The number of hydrogen-bond donors (Lipinski definition) is 1. The fourth-order valence-electron chi connectivity index (χ4n) is 2.70. The molecule has 70 valence electrons. The van der Waals surface area contributed by atoms with Crippen molar-refractivity contribution in [3.63, 3.8) is 0 Å². The Labute approximate surface area is 75.3 Å². The Hall–Kier alpha value is -0.0800. The van der Waals surface area contributed by atoms with Crippen LogP contribution in [0.1, 0.15) is 39.5 Å². The van der Waals surface area contributed by atoms with Gasteiger partial charge in [0, 0.05) is 12.1 Å². The lowest BCUT2D eigenvalue weighted by molar-refractivity contribution is 0.0303. The van der Waals surface area contributed by atoms with E-state index in [0.29, 0.717) is 6.17 Å². The van der Waals surface area contributed by atoms with Crippen molar-refractivity contribution in [1.82, 2.24) is 10.2 Å². The largest absolute Gasteiger partial charge is 0.299 e. The van der Waals surface area contributed by atoms with E-state index in [1.165, 1.54) is 32.2 Å². The molecule has 2 heteroatoms. The third kappa shape index (κ3) is 1.50. The van der Waals surface area contributed by atoms with Crippen molar-refractivity contribution in [2.45, 2.75) is 57.8 Å². The zero-order valence-corrected chi connectivity index (χ0v) is 8.21. The van der Waals surface area contributed by atoms with Crippen molar-refractivity contribution in [2.75, 3.05) is 6.54 Å². The van der Waals surface area contributed by atoms with Crippen LogP contribution in [0.5, 0.6) is 0 Å². The second-order valence-corrected chi connectivity index (χ2v) is 4.40. The van der Waals surface area contributed by atoms with Gasteiger partial charge in [0.1, 0.15) is 0 Å². The fraction of sp³-hybridized carbons (Fsp3) is 1.00. The van der Waals surface area contributed by atoms with E-state index >= 15 is 0 Å². The molecule has 0 aromatic carbocycles. The molecule has 2 aliphatic rings. The standard InChI is InChI=1S/C10H20N2/c1-8-7-9(2)12-6-4-3-5-10(12)11-8/h8-11H,3-7H2,1-2H3. The van der Waals surface area contributed by atoms with Gasteiger partial charge in [-0.05, 0) is 46.1 Å². The Morgan fingerprint density at radius 3 is 2.92 bits per heavy atom. The minimum absolute atomic E-state index is 0.692. The van der Waals surface area contributed by atoms with Crippen LogP contribution in [0, 0.1) is 0 Å². The molecule has 2 rings (SSSR count). The van der Waals surface area contributed by atoms with Gasteiger partial charge >= 0.3 is 0 Å². The van der Waals surface area contributed by atoms with Gasteiger partial charge in [0.2, 0.25) is 0 Å². The topological polar surface area (TPSA) is 15.3 Å². The first-order valence-corrected chi connectivity index (χ1v) is 5.29. The Morgan fingerprint density at radius 2 is 2.08 bits per heavy atom. The van der Waals surface area contributed by atoms with Gasteiger partial charge in [0.05, 0.1) is 6.17 Å². The van der Waals surface area contributed by atoms with Crippen molar-refractivity contribution in [3.05, 3.63) is 0 Å². The Morgan fingerprint density at radius 1 is 1.25 bits per heavy atom. The molecular weight excluding hydrogens is 148 g/mol. The van der Waals surface area contributed by atoms with Gasteiger partial charge in [-0.25, -0.2) is 0 Å². The van der Waals surface area contributed by atoms with E-state index < -0.39 is 0 Å².